The molecular formula is C12H8N2. The smallest absolute Gasteiger partial charge is 0.0992 e. The van der Waals surface area contributed by atoms with E-state index >= 15 is 0 Å². The maximum Gasteiger partial charge on any atom is 0.0992 e. The number of benzene rings is 1. The van der Waals surface area contributed by atoms with Gasteiger partial charge in [0.15, 0.2) is 0 Å². The first-order valence-corrected chi connectivity index (χ1v) is 4.32. The van der Waals surface area contributed by atoms with Crippen molar-refractivity contribution in [2.24, 2.45) is 0 Å². The molecule has 1 heterocycles. The fourth-order valence-corrected chi connectivity index (χ4v) is 1.27. The topological polar surface area (TPSA) is 36.7 Å². The second-order valence-electron chi connectivity index (χ2n) is 2.91. The van der Waals surface area contributed by atoms with Crippen LogP contribution < -0.4 is 0 Å². The molecule has 0 unspecified atom stereocenters. The maximum atomic E-state index is 8.73. The molecule has 0 amide bonds. The molecule has 0 radical (unpaired) electrons. The second kappa shape index (κ2) is 3.71. The van der Waals surface area contributed by atoms with E-state index in [9.17, 15) is 0 Å². The Labute approximate surface area is 82.5 Å². The SMILES string of the molecule is N#Cc1ccnc(-c2ccccc2)c1. The molecule has 0 saturated carbocycles. The van der Waals surface area contributed by atoms with Gasteiger partial charge in [-0.3, -0.25) is 4.98 Å². The first-order valence-electron chi connectivity index (χ1n) is 4.32. The highest BCUT2D eigenvalue weighted by molar-refractivity contribution is 5.60. The summed E-state index contributed by atoms with van der Waals surface area (Å²) in [4.78, 5) is 4.21. The number of nitrogens with zero attached hydrogens (tertiary/aromatic N) is 2. The highest BCUT2D eigenvalue weighted by Gasteiger charge is 1.98. The van der Waals surface area contributed by atoms with Crippen molar-refractivity contribution >= 4 is 0 Å². The lowest BCUT2D eigenvalue weighted by atomic mass is 10.1. The molecule has 2 heteroatoms. The summed E-state index contributed by atoms with van der Waals surface area (Å²) in [6, 6.07) is 15.4. The molecule has 0 aliphatic carbocycles. The molecule has 0 atom stereocenters. The molecule has 14 heavy (non-hydrogen) atoms. The predicted molar refractivity (Wildman–Crippen MR) is 54.4 cm³/mol. The lowest BCUT2D eigenvalue weighted by Gasteiger charge is -1.99. The van der Waals surface area contributed by atoms with Gasteiger partial charge in [0.25, 0.3) is 0 Å². The molecular weight excluding hydrogens is 172 g/mol. The standard InChI is InChI=1S/C12H8N2/c13-9-10-6-7-14-12(8-10)11-4-2-1-3-5-11/h1-8H. The summed E-state index contributed by atoms with van der Waals surface area (Å²) in [6.07, 6.45) is 1.65. The molecule has 2 nitrogen and oxygen atoms in total. The molecule has 0 saturated heterocycles. The molecule has 0 bridgehead atoms. The van der Waals surface area contributed by atoms with Gasteiger partial charge in [0.2, 0.25) is 0 Å². The van der Waals surface area contributed by atoms with Crippen molar-refractivity contribution in [1.82, 2.24) is 4.98 Å². The molecule has 0 aliphatic rings. The van der Waals surface area contributed by atoms with Gasteiger partial charge in [-0.25, -0.2) is 0 Å². The van der Waals surface area contributed by atoms with Crippen LogP contribution in [-0.2, 0) is 0 Å². The monoisotopic (exact) mass is 180 g/mol. The molecule has 2 aromatic rings. The summed E-state index contributed by atoms with van der Waals surface area (Å²) in [5.74, 6) is 0. The van der Waals surface area contributed by atoms with Crippen LogP contribution in [0.25, 0.3) is 11.3 Å². The fourth-order valence-electron chi connectivity index (χ4n) is 1.27. The van der Waals surface area contributed by atoms with Crippen LogP contribution in [-0.4, -0.2) is 4.98 Å². The van der Waals surface area contributed by atoms with Gasteiger partial charge in [0.05, 0.1) is 17.3 Å². The van der Waals surface area contributed by atoms with Crippen molar-refractivity contribution in [2.45, 2.75) is 0 Å². The van der Waals surface area contributed by atoms with Crippen molar-refractivity contribution in [3.63, 3.8) is 0 Å². The summed E-state index contributed by atoms with van der Waals surface area (Å²) >= 11 is 0. The lowest BCUT2D eigenvalue weighted by molar-refractivity contribution is 1.31. The minimum absolute atomic E-state index is 0.638. The Morgan fingerprint density at radius 1 is 1.07 bits per heavy atom. The van der Waals surface area contributed by atoms with Gasteiger partial charge in [-0.15, -0.1) is 0 Å². The summed E-state index contributed by atoms with van der Waals surface area (Å²) in [6.45, 7) is 0. The van der Waals surface area contributed by atoms with Crippen LogP contribution in [0.5, 0.6) is 0 Å². The zero-order valence-corrected chi connectivity index (χ0v) is 7.51. The zero-order valence-electron chi connectivity index (χ0n) is 7.51. The molecule has 0 spiro atoms. The third kappa shape index (κ3) is 1.62. The van der Waals surface area contributed by atoms with E-state index in [0.29, 0.717) is 5.56 Å². The Morgan fingerprint density at radius 3 is 2.57 bits per heavy atom. The van der Waals surface area contributed by atoms with E-state index in [1.165, 1.54) is 0 Å². The average molecular weight is 180 g/mol. The minimum Gasteiger partial charge on any atom is -0.256 e. The minimum atomic E-state index is 0.638. The third-order valence-electron chi connectivity index (χ3n) is 1.96. The highest BCUT2D eigenvalue weighted by atomic mass is 14.7. The van der Waals surface area contributed by atoms with E-state index in [4.69, 9.17) is 5.26 Å². The fraction of sp³-hybridized carbons (Fsp3) is 0. The van der Waals surface area contributed by atoms with Crippen molar-refractivity contribution in [3.8, 4) is 17.3 Å². The Bertz CT molecular complexity index is 469. The third-order valence-corrected chi connectivity index (χ3v) is 1.96. The van der Waals surface area contributed by atoms with E-state index in [1.54, 1.807) is 18.3 Å². The first kappa shape index (κ1) is 8.46. The molecule has 0 fully saturated rings. The quantitative estimate of drug-likeness (QED) is 0.676. The van der Waals surface area contributed by atoms with Crippen LogP contribution in [0, 0.1) is 11.3 Å². The Hall–Kier alpha value is -2.14. The van der Waals surface area contributed by atoms with Gasteiger partial charge in [-0.2, -0.15) is 5.26 Å². The van der Waals surface area contributed by atoms with Crippen molar-refractivity contribution in [1.29, 1.82) is 5.26 Å². The van der Waals surface area contributed by atoms with E-state index in [0.717, 1.165) is 11.3 Å². The molecule has 2 rings (SSSR count). The van der Waals surface area contributed by atoms with Gasteiger partial charge >= 0.3 is 0 Å². The first-order chi connectivity index (χ1) is 6.90. The van der Waals surface area contributed by atoms with E-state index in [1.807, 2.05) is 30.3 Å². The van der Waals surface area contributed by atoms with Crippen molar-refractivity contribution in [2.75, 3.05) is 0 Å². The number of rotatable bonds is 1. The normalized spacial score (nSPS) is 9.36. The summed E-state index contributed by atoms with van der Waals surface area (Å²) in [5, 5.41) is 8.73. The Kier molecular flexibility index (Phi) is 2.24. The van der Waals surface area contributed by atoms with Gasteiger partial charge < -0.3 is 0 Å². The maximum absolute atomic E-state index is 8.73. The highest BCUT2D eigenvalue weighted by Crippen LogP contribution is 2.16. The van der Waals surface area contributed by atoms with Gasteiger partial charge in [-0.1, -0.05) is 30.3 Å². The number of aromatic nitrogens is 1. The Morgan fingerprint density at radius 2 is 1.86 bits per heavy atom. The van der Waals surface area contributed by atoms with Crippen LogP contribution in [0.1, 0.15) is 5.56 Å². The second-order valence-corrected chi connectivity index (χ2v) is 2.91. The molecule has 0 N–H and O–H groups in total. The van der Waals surface area contributed by atoms with Gasteiger partial charge in [0.1, 0.15) is 0 Å². The van der Waals surface area contributed by atoms with Crippen LogP contribution in [0.2, 0.25) is 0 Å². The van der Waals surface area contributed by atoms with E-state index < -0.39 is 0 Å². The van der Waals surface area contributed by atoms with Crippen molar-refractivity contribution < 1.29 is 0 Å². The number of pyridine rings is 1. The van der Waals surface area contributed by atoms with Crippen LogP contribution in [0.3, 0.4) is 0 Å². The largest absolute Gasteiger partial charge is 0.256 e. The molecule has 1 aromatic heterocycles. The van der Waals surface area contributed by atoms with E-state index in [-0.39, 0.29) is 0 Å². The predicted octanol–water partition coefficient (Wildman–Crippen LogP) is 2.62. The van der Waals surface area contributed by atoms with Gasteiger partial charge in [-0.05, 0) is 12.1 Å². The molecule has 0 aliphatic heterocycles. The number of hydrogen-bond acceptors (Lipinski definition) is 2. The summed E-state index contributed by atoms with van der Waals surface area (Å²) in [7, 11) is 0. The zero-order chi connectivity index (χ0) is 9.80. The summed E-state index contributed by atoms with van der Waals surface area (Å²) in [5.41, 5.74) is 2.51. The molecule has 66 valence electrons. The van der Waals surface area contributed by atoms with Crippen LogP contribution in [0.15, 0.2) is 48.7 Å². The van der Waals surface area contributed by atoms with Gasteiger partial charge in [0, 0.05) is 11.8 Å². The van der Waals surface area contributed by atoms with Crippen LogP contribution in [0.4, 0.5) is 0 Å². The summed E-state index contributed by atoms with van der Waals surface area (Å²) < 4.78 is 0. The number of nitriles is 1. The van der Waals surface area contributed by atoms with E-state index in [2.05, 4.69) is 11.1 Å². The molecule has 1 aromatic carbocycles. The number of hydrogen-bond donors (Lipinski definition) is 0. The van der Waals surface area contributed by atoms with Crippen LogP contribution >= 0.6 is 0 Å². The average Bonchev–Trinajstić information content (AvgIpc) is 2.30. The Balaban J connectivity index is 2.49. The lowest BCUT2D eigenvalue weighted by Crippen LogP contribution is -1.83. The van der Waals surface area contributed by atoms with Crippen molar-refractivity contribution in [3.05, 3.63) is 54.2 Å².